The average Bonchev–Trinajstić information content (AvgIpc) is 2.63. The molecule has 0 aromatic carbocycles. The second-order valence-electron chi connectivity index (χ2n) is 7.96. The summed E-state index contributed by atoms with van der Waals surface area (Å²) in [5.74, 6) is -0.0439. The van der Waals surface area contributed by atoms with E-state index in [4.69, 9.17) is 9.88 Å². The first-order valence-electron chi connectivity index (χ1n) is 11.3. The largest absolute Gasteiger partial charge is 0.463 e. The Morgan fingerprint density at radius 2 is 1.36 bits per heavy atom. The van der Waals surface area contributed by atoms with Crippen molar-refractivity contribution >= 4 is 21.0 Å². The van der Waals surface area contributed by atoms with Crippen molar-refractivity contribution in [3.8, 4) is 0 Å². The highest BCUT2D eigenvalue weighted by atomic mass is 32.2. The molecule has 0 fully saturated rings. The van der Waals surface area contributed by atoms with Crippen molar-refractivity contribution in [2.45, 2.75) is 116 Å². The summed E-state index contributed by atoms with van der Waals surface area (Å²) in [5, 5.41) is 7.23. The van der Waals surface area contributed by atoms with Crippen LogP contribution in [0.15, 0.2) is 12.2 Å². The predicted octanol–water partition coefficient (Wildman–Crippen LogP) is 5.94. The fourth-order valence-electron chi connectivity index (χ4n) is 2.92. The molecule has 0 aliphatic rings. The first kappa shape index (κ1) is 27.2. The van der Waals surface area contributed by atoms with E-state index in [0.717, 1.165) is 32.1 Å². The van der Waals surface area contributed by atoms with Gasteiger partial charge >= 0.3 is 5.97 Å². The minimum Gasteiger partial charge on any atom is -0.463 e. The summed E-state index contributed by atoms with van der Waals surface area (Å²) in [6.45, 7) is 3.98. The van der Waals surface area contributed by atoms with E-state index in [1.165, 1.54) is 57.8 Å². The van der Waals surface area contributed by atoms with E-state index in [1.54, 1.807) is 11.6 Å². The maximum atomic E-state index is 11.5. The molecule has 0 radical (unpaired) electrons. The van der Waals surface area contributed by atoms with Crippen molar-refractivity contribution in [2.75, 3.05) is 6.26 Å². The number of ether oxygens (including phenoxy) is 1. The van der Waals surface area contributed by atoms with Crippen LogP contribution < -0.4 is 5.14 Å². The quantitative estimate of drug-likeness (QED) is 0.130. The summed E-state index contributed by atoms with van der Waals surface area (Å²) < 4.78 is 16.6. The molecule has 0 saturated heterocycles. The molecule has 2 N–H and O–H groups in total. The van der Waals surface area contributed by atoms with Crippen LogP contribution in [0.5, 0.6) is 0 Å². The first-order valence-corrected chi connectivity index (χ1v) is 13.4. The molecule has 2 atom stereocenters. The molecule has 0 aliphatic heterocycles. The van der Waals surface area contributed by atoms with Crippen molar-refractivity contribution < 1.29 is 13.7 Å². The summed E-state index contributed by atoms with van der Waals surface area (Å²) in [5.41, 5.74) is 0. The number of allylic oxidation sites excluding steroid dienone is 2. The minimum absolute atomic E-state index is 0.0439. The molecule has 0 spiro atoms. The van der Waals surface area contributed by atoms with Gasteiger partial charge in [0.2, 0.25) is 0 Å². The molecule has 0 bridgehead atoms. The summed E-state index contributed by atoms with van der Waals surface area (Å²) >= 11 is 0. The SMILES string of the molecule is CCC(C)OC(=O)CCCCCCCC=CCCCCCCCC=S(C)(N)=O. The van der Waals surface area contributed by atoms with Crippen molar-refractivity contribution in [3.05, 3.63) is 12.2 Å². The fraction of sp³-hybridized carbons (Fsp3) is 0.826. The van der Waals surface area contributed by atoms with Crippen LogP contribution in [0.25, 0.3) is 0 Å². The third-order valence-electron chi connectivity index (χ3n) is 4.85. The number of hydrogen-bond donors (Lipinski definition) is 1. The van der Waals surface area contributed by atoms with Gasteiger partial charge in [-0.2, -0.15) is 0 Å². The maximum absolute atomic E-state index is 11.5. The van der Waals surface area contributed by atoms with Crippen LogP contribution in [-0.4, -0.2) is 27.9 Å². The van der Waals surface area contributed by atoms with E-state index >= 15 is 0 Å². The molecule has 0 aliphatic carbocycles. The van der Waals surface area contributed by atoms with Gasteiger partial charge in [0.05, 0.1) is 6.10 Å². The van der Waals surface area contributed by atoms with Gasteiger partial charge in [-0.1, -0.05) is 57.6 Å². The molecular formula is C23H45NO3S. The standard InChI is InChI=1S/C23H45NO3S/c1-4-22(2)27-23(25)20-18-16-14-12-10-8-6-5-7-9-11-13-15-17-19-21-28(3,24)26/h5-6,21-22H,4,7-20H2,1-3H3,(H2,24,26). The zero-order valence-corrected chi connectivity index (χ0v) is 19.4. The van der Waals surface area contributed by atoms with Gasteiger partial charge in [-0.25, -0.2) is 0 Å². The van der Waals surface area contributed by atoms with E-state index in [2.05, 4.69) is 12.2 Å². The normalized spacial score (nSPS) is 14.7. The molecule has 0 aromatic heterocycles. The highest BCUT2D eigenvalue weighted by Crippen LogP contribution is 2.10. The van der Waals surface area contributed by atoms with Crippen LogP contribution >= 0.6 is 0 Å². The molecule has 166 valence electrons. The van der Waals surface area contributed by atoms with Crippen LogP contribution in [0, 0.1) is 0 Å². The summed E-state index contributed by atoms with van der Waals surface area (Å²) in [7, 11) is -2.15. The van der Waals surface area contributed by atoms with Crippen molar-refractivity contribution in [1.29, 1.82) is 0 Å². The predicted molar refractivity (Wildman–Crippen MR) is 124 cm³/mol. The molecule has 28 heavy (non-hydrogen) atoms. The molecule has 4 nitrogen and oxygen atoms in total. The summed E-state index contributed by atoms with van der Waals surface area (Å²) in [4.78, 5) is 11.5. The van der Waals surface area contributed by atoms with Crippen LogP contribution in [0.4, 0.5) is 0 Å². The second kappa shape index (κ2) is 18.2. The number of hydrogen-bond acceptors (Lipinski definition) is 3. The van der Waals surface area contributed by atoms with Gasteiger partial charge in [0, 0.05) is 22.4 Å². The number of rotatable bonds is 18. The topological polar surface area (TPSA) is 69.4 Å². The Bertz CT molecular complexity index is 514. The second-order valence-corrected chi connectivity index (χ2v) is 10.2. The third kappa shape index (κ3) is 21.5. The Hall–Kier alpha value is -0.810. The lowest BCUT2D eigenvalue weighted by Gasteiger charge is -2.10. The van der Waals surface area contributed by atoms with Crippen molar-refractivity contribution in [1.82, 2.24) is 0 Å². The third-order valence-corrected chi connectivity index (χ3v) is 5.75. The van der Waals surface area contributed by atoms with E-state index in [0.29, 0.717) is 6.42 Å². The molecule has 0 amide bonds. The first-order chi connectivity index (χ1) is 13.3. The molecular weight excluding hydrogens is 370 g/mol. The van der Waals surface area contributed by atoms with Crippen LogP contribution in [-0.2, 0) is 19.2 Å². The van der Waals surface area contributed by atoms with Crippen LogP contribution in [0.1, 0.15) is 110 Å². The van der Waals surface area contributed by atoms with Crippen LogP contribution in [0.2, 0.25) is 0 Å². The van der Waals surface area contributed by atoms with Crippen LogP contribution in [0.3, 0.4) is 0 Å². The summed E-state index contributed by atoms with van der Waals surface area (Å²) in [6.07, 6.45) is 22.8. The Morgan fingerprint density at radius 3 is 1.86 bits per heavy atom. The molecule has 0 aromatic rings. The summed E-state index contributed by atoms with van der Waals surface area (Å²) in [6, 6.07) is 0. The van der Waals surface area contributed by atoms with E-state index in [1.807, 2.05) is 13.8 Å². The zero-order chi connectivity index (χ0) is 21.1. The average molecular weight is 416 g/mol. The number of esters is 1. The van der Waals surface area contributed by atoms with Crippen molar-refractivity contribution in [3.63, 3.8) is 0 Å². The smallest absolute Gasteiger partial charge is 0.306 e. The van der Waals surface area contributed by atoms with E-state index in [9.17, 15) is 9.00 Å². The molecule has 5 heteroatoms. The van der Waals surface area contributed by atoms with Crippen molar-refractivity contribution in [2.24, 2.45) is 5.14 Å². The van der Waals surface area contributed by atoms with Gasteiger partial charge in [0.15, 0.2) is 0 Å². The Kier molecular flexibility index (Phi) is 17.7. The Labute approximate surface area is 174 Å². The van der Waals surface area contributed by atoms with Gasteiger partial charge in [0.25, 0.3) is 0 Å². The highest BCUT2D eigenvalue weighted by Gasteiger charge is 2.06. The zero-order valence-electron chi connectivity index (χ0n) is 18.6. The van der Waals surface area contributed by atoms with Gasteiger partial charge in [-0.15, -0.1) is 0 Å². The fourth-order valence-corrected chi connectivity index (χ4v) is 3.55. The lowest BCUT2D eigenvalue weighted by atomic mass is 10.1. The van der Waals surface area contributed by atoms with Gasteiger partial charge in [0.1, 0.15) is 0 Å². The molecule has 0 heterocycles. The number of carbonyl (C=O) groups excluding carboxylic acids is 1. The number of nitrogens with two attached hydrogens (primary N) is 1. The molecule has 0 saturated carbocycles. The highest BCUT2D eigenvalue weighted by molar-refractivity contribution is 7.98. The minimum atomic E-state index is -2.15. The van der Waals surface area contributed by atoms with E-state index < -0.39 is 9.71 Å². The van der Waals surface area contributed by atoms with E-state index in [-0.39, 0.29) is 12.1 Å². The lowest BCUT2D eigenvalue weighted by Crippen LogP contribution is -2.13. The number of unbranched alkanes of at least 4 members (excludes halogenated alkanes) is 11. The Balaban J connectivity index is 3.30. The lowest BCUT2D eigenvalue weighted by molar-refractivity contribution is -0.148. The van der Waals surface area contributed by atoms with Gasteiger partial charge in [-0.3, -0.25) is 14.1 Å². The van der Waals surface area contributed by atoms with Gasteiger partial charge in [-0.05, 0) is 63.7 Å². The Morgan fingerprint density at radius 1 is 0.893 bits per heavy atom. The van der Waals surface area contributed by atoms with Gasteiger partial charge < -0.3 is 4.74 Å². The maximum Gasteiger partial charge on any atom is 0.306 e. The molecule has 2 unspecified atom stereocenters. The molecule has 0 rings (SSSR count). The monoisotopic (exact) mass is 415 g/mol. The number of carbonyl (C=O) groups is 1.